The Bertz CT molecular complexity index is 106. The van der Waals surface area contributed by atoms with E-state index in [1.54, 1.807) is 0 Å². The maximum absolute atomic E-state index is 8.88. The van der Waals surface area contributed by atoms with Crippen LogP contribution in [0.1, 0.15) is 0 Å². The third-order valence-electron chi connectivity index (χ3n) is 0. The molecule has 0 saturated carbocycles. The fourth-order valence-corrected chi connectivity index (χ4v) is 0. The molecule has 0 aromatic carbocycles. The predicted octanol–water partition coefficient (Wildman–Crippen LogP) is -3.54. The first-order valence-electron chi connectivity index (χ1n) is 1.68. The third kappa shape index (κ3) is 537. The Labute approximate surface area is 90.5 Å². The summed E-state index contributed by atoms with van der Waals surface area (Å²) in [6.45, 7) is 0. The molecule has 11 heavy (non-hydrogen) atoms. The maximum Gasteiger partial charge on any atom is 0.668 e. The molecule has 0 rings (SSSR count). The first-order valence-corrected chi connectivity index (χ1v) is 5.03. The minimum atomic E-state index is -4.64. The maximum atomic E-state index is 8.88. The quantitative estimate of drug-likeness (QED) is 0.177. The zero-order valence-corrected chi connectivity index (χ0v) is 10.6. The molecule has 0 heterocycles. The van der Waals surface area contributed by atoms with E-state index < -0.39 is 16.9 Å². The minimum Gasteiger partial charge on any atom is -0.368 e. The van der Waals surface area contributed by atoms with Gasteiger partial charge >= 0.3 is 16.9 Å². The van der Waals surface area contributed by atoms with Gasteiger partial charge in [0.1, 0.15) is 0 Å². The number of hydrogen-bond acceptors (Lipinski definition) is 5. The molecule has 0 spiro atoms. The Hall–Kier alpha value is 1.36. The molecule has 0 bridgehead atoms. The summed E-state index contributed by atoms with van der Waals surface area (Å²) in [6.07, 6.45) is 0. The SMILES string of the molecule is O=P(O)(O)O.O[Si](O)(O)O.[La]. The minimum absolute atomic E-state index is 0. The molecular weight excluding hydrogens is 326 g/mol. The van der Waals surface area contributed by atoms with Gasteiger partial charge in [-0.05, 0) is 0 Å². The molecule has 8 nitrogen and oxygen atoms in total. The summed E-state index contributed by atoms with van der Waals surface area (Å²) < 4.78 is 8.88. The van der Waals surface area contributed by atoms with Gasteiger partial charge in [0.2, 0.25) is 0 Å². The molecule has 67 valence electrons. The van der Waals surface area contributed by atoms with E-state index in [4.69, 9.17) is 38.4 Å². The van der Waals surface area contributed by atoms with Crippen molar-refractivity contribution in [1.82, 2.24) is 0 Å². The average molecular weight is 333 g/mol. The van der Waals surface area contributed by atoms with Crippen molar-refractivity contribution >= 4 is 16.9 Å². The first-order chi connectivity index (χ1) is 4.00. The smallest absolute Gasteiger partial charge is 0.368 e. The summed E-state index contributed by atoms with van der Waals surface area (Å²) in [5, 5.41) is 0. The van der Waals surface area contributed by atoms with E-state index in [1.165, 1.54) is 0 Å². The van der Waals surface area contributed by atoms with Crippen LogP contribution in [0.4, 0.5) is 0 Å². The third-order valence-corrected chi connectivity index (χ3v) is 0. The summed E-state index contributed by atoms with van der Waals surface area (Å²) in [4.78, 5) is 50.9. The molecule has 0 saturated heterocycles. The summed E-state index contributed by atoms with van der Waals surface area (Å²) >= 11 is 0. The topological polar surface area (TPSA) is 159 Å². The monoisotopic (exact) mass is 333 g/mol. The molecule has 0 unspecified atom stereocenters. The number of rotatable bonds is 0. The molecule has 0 atom stereocenters. The summed E-state index contributed by atoms with van der Waals surface area (Å²) in [6, 6.07) is 0. The van der Waals surface area contributed by atoms with Crippen LogP contribution in [0, 0.1) is 35.6 Å². The second kappa shape index (κ2) is 6.83. The van der Waals surface area contributed by atoms with Gasteiger partial charge in [-0.15, -0.1) is 0 Å². The van der Waals surface area contributed by atoms with Gasteiger partial charge < -0.3 is 33.9 Å². The average Bonchev–Trinajstić information content (AvgIpc) is 1.12. The largest absolute Gasteiger partial charge is 0.668 e. The predicted molar refractivity (Wildman–Crippen MR) is 28.9 cm³/mol. The van der Waals surface area contributed by atoms with Gasteiger partial charge in [-0.3, -0.25) is 0 Å². The van der Waals surface area contributed by atoms with Gasteiger partial charge in [-0.1, -0.05) is 0 Å². The van der Waals surface area contributed by atoms with Gasteiger partial charge in [0.05, 0.1) is 0 Å². The molecule has 1 radical (unpaired) electrons. The Morgan fingerprint density at radius 1 is 0.909 bits per heavy atom. The van der Waals surface area contributed by atoms with Crippen molar-refractivity contribution < 1.29 is 74.0 Å². The zero-order chi connectivity index (χ0) is 9.00. The number of hydrogen-bond donors (Lipinski definition) is 7. The van der Waals surface area contributed by atoms with Crippen molar-refractivity contribution in [1.29, 1.82) is 0 Å². The van der Waals surface area contributed by atoms with E-state index in [9.17, 15) is 0 Å². The Morgan fingerprint density at radius 2 is 0.909 bits per heavy atom. The van der Waals surface area contributed by atoms with Crippen molar-refractivity contribution in [3.05, 3.63) is 0 Å². The molecule has 0 aliphatic heterocycles. The molecule has 0 fully saturated rings. The Balaban J connectivity index is -0.000000107. The van der Waals surface area contributed by atoms with Crippen LogP contribution in [0.5, 0.6) is 0 Å². The Kier molecular flexibility index (Phi) is 11.3. The van der Waals surface area contributed by atoms with Gasteiger partial charge in [0.25, 0.3) is 0 Å². The molecular formula is H7LaO8PSi. The van der Waals surface area contributed by atoms with Crippen LogP contribution in [-0.4, -0.2) is 42.9 Å². The van der Waals surface area contributed by atoms with Crippen LogP contribution < -0.4 is 0 Å². The zero-order valence-electron chi connectivity index (χ0n) is 5.06. The molecule has 0 aliphatic carbocycles. The fourth-order valence-electron chi connectivity index (χ4n) is 0. The van der Waals surface area contributed by atoms with E-state index >= 15 is 0 Å². The van der Waals surface area contributed by atoms with Gasteiger partial charge in [0.15, 0.2) is 0 Å². The van der Waals surface area contributed by atoms with Crippen LogP contribution in [-0.2, 0) is 4.57 Å². The summed E-state index contributed by atoms with van der Waals surface area (Å²) in [5.41, 5.74) is 0. The van der Waals surface area contributed by atoms with Crippen molar-refractivity contribution in [2.45, 2.75) is 0 Å². The van der Waals surface area contributed by atoms with E-state index in [1.807, 2.05) is 0 Å². The summed E-state index contributed by atoms with van der Waals surface area (Å²) in [5.74, 6) is 0. The van der Waals surface area contributed by atoms with Crippen LogP contribution in [0.2, 0.25) is 0 Å². The van der Waals surface area contributed by atoms with E-state index in [2.05, 4.69) is 0 Å². The molecule has 11 heteroatoms. The van der Waals surface area contributed by atoms with Crippen LogP contribution >= 0.6 is 7.82 Å². The van der Waals surface area contributed by atoms with Crippen molar-refractivity contribution in [2.75, 3.05) is 0 Å². The molecule has 0 aliphatic rings. The van der Waals surface area contributed by atoms with Crippen molar-refractivity contribution in [2.24, 2.45) is 0 Å². The van der Waals surface area contributed by atoms with Crippen LogP contribution in [0.25, 0.3) is 0 Å². The molecule has 7 N–H and O–H groups in total. The second-order valence-electron chi connectivity index (χ2n) is 1.11. The van der Waals surface area contributed by atoms with E-state index in [-0.39, 0.29) is 35.6 Å². The van der Waals surface area contributed by atoms with Crippen LogP contribution in [0.15, 0.2) is 0 Å². The molecule has 0 amide bonds. The van der Waals surface area contributed by atoms with Crippen LogP contribution in [0.3, 0.4) is 0 Å². The van der Waals surface area contributed by atoms with E-state index in [0.717, 1.165) is 0 Å². The van der Waals surface area contributed by atoms with E-state index in [0.29, 0.717) is 0 Å². The molecule has 0 aromatic rings. The van der Waals surface area contributed by atoms with Gasteiger partial charge in [0, 0.05) is 35.6 Å². The summed E-state index contributed by atoms with van der Waals surface area (Å²) in [7, 11) is -9.25. The normalized spacial score (nSPS) is 10.8. The first kappa shape index (κ1) is 18.2. The second-order valence-corrected chi connectivity index (χ2v) is 3.34. The van der Waals surface area contributed by atoms with Gasteiger partial charge in [-0.25, -0.2) is 4.57 Å². The number of phosphoric acid groups is 1. The van der Waals surface area contributed by atoms with Crippen molar-refractivity contribution in [3.63, 3.8) is 0 Å². The standard InChI is InChI=1S/La.H3O4P.H4O4Si/c;2*1-5(2,3)4/h;(H3,1,2,3,4);1-4H. The molecule has 0 aromatic heterocycles. The fraction of sp³-hybridized carbons (Fsp3) is 0. The van der Waals surface area contributed by atoms with Crippen molar-refractivity contribution in [3.8, 4) is 0 Å². The Morgan fingerprint density at radius 3 is 0.909 bits per heavy atom. The van der Waals surface area contributed by atoms with Gasteiger partial charge in [-0.2, -0.15) is 0 Å².